The molecule has 124 valence electrons. The number of ether oxygens (including phenoxy) is 1. The van der Waals surface area contributed by atoms with Crippen LogP contribution in [0.15, 0.2) is 60.1 Å². The maximum atomic E-state index is 11.5. The molecule has 2 heterocycles. The van der Waals surface area contributed by atoms with Gasteiger partial charge in [-0.2, -0.15) is 0 Å². The molecule has 0 bridgehead atoms. The average Bonchev–Trinajstić information content (AvgIpc) is 3.22. The van der Waals surface area contributed by atoms with Gasteiger partial charge in [0.2, 0.25) is 0 Å². The lowest BCUT2D eigenvalue weighted by Gasteiger charge is -2.09. The van der Waals surface area contributed by atoms with Crippen LogP contribution in [-0.4, -0.2) is 15.7 Å². The lowest BCUT2D eigenvalue weighted by molar-refractivity contribution is 0.111. The number of carbonyl (C=O) groups excluding carboxylic acids is 1. The molecule has 4 aromatic rings. The summed E-state index contributed by atoms with van der Waals surface area (Å²) in [7, 11) is 0. The van der Waals surface area contributed by atoms with Crippen molar-refractivity contribution in [1.29, 1.82) is 0 Å². The number of halogens is 1. The number of nitrogens with zero attached hydrogens (tertiary/aromatic N) is 2. The lowest BCUT2D eigenvalue weighted by atomic mass is 10.1. The zero-order valence-electron chi connectivity index (χ0n) is 13.1. The van der Waals surface area contributed by atoms with Gasteiger partial charge in [-0.3, -0.25) is 9.20 Å². The van der Waals surface area contributed by atoms with E-state index in [1.807, 2.05) is 54.0 Å². The van der Waals surface area contributed by atoms with E-state index >= 15 is 0 Å². The van der Waals surface area contributed by atoms with Crippen LogP contribution in [-0.2, 0) is 6.61 Å². The highest BCUT2D eigenvalue weighted by Crippen LogP contribution is 2.32. The van der Waals surface area contributed by atoms with Crippen LogP contribution < -0.4 is 4.74 Å². The molecule has 0 saturated carbocycles. The molecule has 0 N–H and O–H groups in total. The van der Waals surface area contributed by atoms with Crippen LogP contribution in [0.2, 0.25) is 5.02 Å². The second-order valence-electron chi connectivity index (χ2n) is 5.44. The van der Waals surface area contributed by atoms with E-state index in [9.17, 15) is 4.79 Å². The highest BCUT2D eigenvalue weighted by molar-refractivity contribution is 7.15. The molecule has 4 rings (SSSR count). The van der Waals surface area contributed by atoms with Gasteiger partial charge in [-0.25, -0.2) is 4.98 Å². The van der Waals surface area contributed by atoms with Crippen molar-refractivity contribution in [3.05, 3.63) is 76.4 Å². The Kier molecular flexibility index (Phi) is 4.26. The van der Waals surface area contributed by atoms with Crippen molar-refractivity contribution in [2.45, 2.75) is 6.61 Å². The van der Waals surface area contributed by atoms with Gasteiger partial charge in [-0.05, 0) is 23.8 Å². The Labute approximate surface area is 153 Å². The highest BCUT2D eigenvalue weighted by Gasteiger charge is 2.15. The topological polar surface area (TPSA) is 43.6 Å². The second kappa shape index (κ2) is 6.70. The molecule has 0 unspecified atom stereocenters. The number of benzene rings is 2. The van der Waals surface area contributed by atoms with Crippen molar-refractivity contribution in [2.75, 3.05) is 0 Å². The van der Waals surface area contributed by atoms with Gasteiger partial charge < -0.3 is 4.74 Å². The number of aromatic nitrogens is 2. The van der Waals surface area contributed by atoms with Crippen LogP contribution in [0.3, 0.4) is 0 Å². The average molecular weight is 369 g/mol. The molecule has 25 heavy (non-hydrogen) atoms. The zero-order chi connectivity index (χ0) is 17.2. The number of hydrogen-bond donors (Lipinski definition) is 0. The van der Waals surface area contributed by atoms with Crippen molar-refractivity contribution >= 4 is 34.2 Å². The number of hydrogen-bond acceptors (Lipinski definition) is 4. The summed E-state index contributed by atoms with van der Waals surface area (Å²) >= 11 is 7.85. The van der Waals surface area contributed by atoms with E-state index in [0.29, 0.717) is 28.8 Å². The minimum absolute atomic E-state index is 0.444. The molecular formula is C19H13ClN2O2S. The SMILES string of the molecule is O=Cc1c(-c2ccc(OCc3ccccc3)c(Cl)c2)nc2sccn12. The van der Waals surface area contributed by atoms with E-state index in [1.54, 1.807) is 10.5 Å². The predicted octanol–water partition coefficient (Wildman–Crippen LogP) is 5.11. The summed E-state index contributed by atoms with van der Waals surface area (Å²) in [5.74, 6) is 0.600. The molecule has 0 spiro atoms. The van der Waals surface area contributed by atoms with E-state index in [-0.39, 0.29) is 0 Å². The van der Waals surface area contributed by atoms with Gasteiger partial charge >= 0.3 is 0 Å². The number of fused-ring (bicyclic) bond motifs is 1. The molecule has 0 atom stereocenters. The summed E-state index contributed by atoms with van der Waals surface area (Å²) in [6.45, 7) is 0.444. The van der Waals surface area contributed by atoms with Crippen molar-refractivity contribution in [3.63, 3.8) is 0 Å². The number of rotatable bonds is 5. The van der Waals surface area contributed by atoms with Gasteiger partial charge in [0.25, 0.3) is 0 Å². The number of thiazole rings is 1. The van der Waals surface area contributed by atoms with Crippen LogP contribution in [0.4, 0.5) is 0 Å². The standard InChI is InChI=1S/C19H13ClN2O2S/c20-15-10-14(18-16(11-23)22-8-9-25-19(22)21-18)6-7-17(15)24-12-13-4-2-1-3-5-13/h1-11H,12H2. The maximum Gasteiger partial charge on any atom is 0.194 e. The van der Waals surface area contributed by atoms with E-state index in [4.69, 9.17) is 16.3 Å². The van der Waals surface area contributed by atoms with Crippen LogP contribution in [0.25, 0.3) is 16.2 Å². The molecular weight excluding hydrogens is 356 g/mol. The maximum absolute atomic E-state index is 11.5. The first kappa shape index (κ1) is 15.9. The Balaban J connectivity index is 1.62. The summed E-state index contributed by atoms with van der Waals surface area (Å²) in [6, 6.07) is 15.3. The summed E-state index contributed by atoms with van der Waals surface area (Å²) in [4.78, 5) is 16.8. The Morgan fingerprint density at radius 2 is 2.04 bits per heavy atom. The van der Waals surface area contributed by atoms with Gasteiger partial charge in [-0.1, -0.05) is 41.9 Å². The van der Waals surface area contributed by atoms with Crippen LogP contribution in [0.1, 0.15) is 16.1 Å². The quantitative estimate of drug-likeness (QED) is 0.460. The largest absolute Gasteiger partial charge is 0.487 e. The third-order valence-corrected chi connectivity index (χ3v) is 4.91. The van der Waals surface area contributed by atoms with Gasteiger partial charge in [0.1, 0.15) is 23.7 Å². The molecule has 0 amide bonds. The van der Waals surface area contributed by atoms with Gasteiger partial charge in [0.15, 0.2) is 11.2 Å². The summed E-state index contributed by atoms with van der Waals surface area (Å²) in [6.07, 6.45) is 2.65. The number of imidazole rings is 1. The second-order valence-corrected chi connectivity index (χ2v) is 6.72. The molecule has 0 radical (unpaired) electrons. The van der Waals surface area contributed by atoms with Crippen molar-refractivity contribution < 1.29 is 9.53 Å². The molecule has 0 aliphatic heterocycles. The third kappa shape index (κ3) is 3.04. The van der Waals surface area contributed by atoms with Crippen molar-refractivity contribution in [2.24, 2.45) is 0 Å². The Hall–Kier alpha value is -2.63. The first-order valence-corrected chi connectivity index (χ1v) is 8.89. The minimum atomic E-state index is 0.444. The molecule has 0 fully saturated rings. The smallest absolute Gasteiger partial charge is 0.194 e. The van der Waals surface area contributed by atoms with E-state index in [0.717, 1.165) is 22.4 Å². The van der Waals surface area contributed by atoms with Gasteiger partial charge in [0.05, 0.1) is 5.02 Å². The summed E-state index contributed by atoms with van der Waals surface area (Å²) in [5, 5.41) is 2.38. The Morgan fingerprint density at radius 1 is 1.20 bits per heavy atom. The Bertz CT molecular complexity index is 1040. The Morgan fingerprint density at radius 3 is 2.80 bits per heavy atom. The monoisotopic (exact) mass is 368 g/mol. The summed E-state index contributed by atoms with van der Waals surface area (Å²) in [5.41, 5.74) is 3.00. The van der Waals surface area contributed by atoms with E-state index < -0.39 is 0 Å². The predicted molar refractivity (Wildman–Crippen MR) is 99.7 cm³/mol. The minimum Gasteiger partial charge on any atom is -0.487 e. The molecule has 4 nitrogen and oxygen atoms in total. The van der Waals surface area contributed by atoms with Gasteiger partial charge in [0, 0.05) is 17.1 Å². The van der Waals surface area contributed by atoms with Crippen LogP contribution in [0, 0.1) is 0 Å². The molecule has 2 aromatic heterocycles. The fourth-order valence-electron chi connectivity index (χ4n) is 2.63. The molecule has 2 aromatic carbocycles. The number of carbonyl (C=O) groups is 1. The molecule has 0 saturated heterocycles. The third-order valence-electron chi connectivity index (χ3n) is 3.85. The van der Waals surface area contributed by atoms with Crippen LogP contribution in [0.5, 0.6) is 5.75 Å². The number of aldehydes is 1. The van der Waals surface area contributed by atoms with Gasteiger partial charge in [-0.15, -0.1) is 11.3 Å². The fourth-order valence-corrected chi connectivity index (χ4v) is 3.58. The first-order valence-electron chi connectivity index (χ1n) is 7.63. The lowest BCUT2D eigenvalue weighted by Crippen LogP contribution is -1.96. The first-order chi connectivity index (χ1) is 12.3. The van der Waals surface area contributed by atoms with E-state index in [1.165, 1.54) is 11.3 Å². The van der Waals surface area contributed by atoms with Crippen LogP contribution >= 0.6 is 22.9 Å². The van der Waals surface area contributed by atoms with Crippen molar-refractivity contribution in [1.82, 2.24) is 9.38 Å². The fraction of sp³-hybridized carbons (Fsp3) is 0.0526. The van der Waals surface area contributed by atoms with Crippen molar-refractivity contribution in [3.8, 4) is 17.0 Å². The highest BCUT2D eigenvalue weighted by atomic mass is 35.5. The molecule has 6 heteroatoms. The van der Waals surface area contributed by atoms with E-state index in [2.05, 4.69) is 4.98 Å². The zero-order valence-corrected chi connectivity index (χ0v) is 14.6. The molecule has 0 aliphatic carbocycles. The summed E-state index contributed by atoms with van der Waals surface area (Å²) < 4.78 is 7.57. The normalized spacial score (nSPS) is 10.9. The molecule has 0 aliphatic rings.